The van der Waals surface area contributed by atoms with Crippen molar-refractivity contribution in [2.45, 2.75) is 50.4 Å². The largest absolute Gasteiger partial charge is 0.497 e. The summed E-state index contributed by atoms with van der Waals surface area (Å²) in [6.45, 7) is 6.11. The number of aromatic amines is 1. The van der Waals surface area contributed by atoms with Crippen molar-refractivity contribution >= 4 is 45.9 Å². The normalized spacial score (nSPS) is 13.5. The van der Waals surface area contributed by atoms with Gasteiger partial charge in [-0.05, 0) is 59.2 Å². The molecule has 1 aromatic carbocycles. The minimum Gasteiger partial charge on any atom is -0.497 e. The Morgan fingerprint density at radius 2 is 2.00 bits per heavy atom. The topological polar surface area (TPSA) is 135 Å². The standard InChI is InChI=1S/C25H28N4O7S2/c1-5-18(38-23-25(33)36-27-29(23)15-7-9-16(34-4)10-8-15)21(31)26-22-20(24(32)35-6-2)17-11-12-28(14(3)30)13-19(17)37-22/h7-10,18H,5-6,11-13H2,1-4H3,(H-,26,27,31,32,33)/p+1. The second kappa shape index (κ2) is 11.9. The fourth-order valence-electron chi connectivity index (χ4n) is 4.09. The number of rotatable bonds is 9. The smallest absolute Gasteiger partial charge is 0.442 e. The van der Waals surface area contributed by atoms with Crippen LogP contribution in [0.3, 0.4) is 0 Å². The van der Waals surface area contributed by atoms with Crippen LogP contribution in [0.2, 0.25) is 0 Å². The second-order valence-electron chi connectivity index (χ2n) is 8.44. The average Bonchev–Trinajstić information content (AvgIpc) is 3.46. The Balaban J connectivity index is 1.60. The quantitative estimate of drug-likeness (QED) is 0.231. The van der Waals surface area contributed by atoms with Gasteiger partial charge in [-0.3, -0.25) is 14.1 Å². The molecule has 2 N–H and O–H groups in total. The number of H-pyrrole nitrogens is 1. The van der Waals surface area contributed by atoms with Gasteiger partial charge in [0, 0.05) is 30.5 Å². The van der Waals surface area contributed by atoms with Gasteiger partial charge in [0.15, 0.2) is 0 Å². The van der Waals surface area contributed by atoms with Gasteiger partial charge in [-0.1, -0.05) is 6.92 Å². The van der Waals surface area contributed by atoms with Gasteiger partial charge < -0.3 is 19.7 Å². The molecule has 0 aliphatic carbocycles. The first-order chi connectivity index (χ1) is 18.3. The lowest BCUT2D eigenvalue weighted by Gasteiger charge is -2.25. The van der Waals surface area contributed by atoms with E-state index < -0.39 is 16.8 Å². The third-order valence-electron chi connectivity index (χ3n) is 6.07. The second-order valence-corrected chi connectivity index (χ2v) is 10.7. The first-order valence-corrected chi connectivity index (χ1v) is 13.8. The number of amides is 2. The van der Waals surface area contributed by atoms with E-state index in [4.69, 9.17) is 14.0 Å². The minimum absolute atomic E-state index is 0.0507. The van der Waals surface area contributed by atoms with Gasteiger partial charge in [-0.25, -0.2) is 9.59 Å². The summed E-state index contributed by atoms with van der Waals surface area (Å²) in [5.41, 5.74) is 1.14. The highest BCUT2D eigenvalue weighted by Crippen LogP contribution is 2.38. The predicted molar refractivity (Wildman–Crippen MR) is 141 cm³/mol. The molecule has 0 radical (unpaired) electrons. The van der Waals surface area contributed by atoms with Crippen LogP contribution >= 0.6 is 23.1 Å². The van der Waals surface area contributed by atoms with Crippen LogP contribution < -0.4 is 20.4 Å². The highest BCUT2D eigenvalue weighted by atomic mass is 32.2. The maximum absolute atomic E-state index is 13.4. The maximum Gasteiger partial charge on any atom is 0.442 e. The Bertz CT molecular complexity index is 1390. The van der Waals surface area contributed by atoms with Crippen molar-refractivity contribution in [2.24, 2.45) is 0 Å². The summed E-state index contributed by atoms with van der Waals surface area (Å²) < 4.78 is 16.9. The predicted octanol–water partition coefficient (Wildman–Crippen LogP) is 2.91. The molecule has 38 heavy (non-hydrogen) atoms. The van der Waals surface area contributed by atoms with Crippen LogP contribution in [0.25, 0.3) is 5.69 Å². The molecule has 3 heterocycles. The number of benzene rings is 1. The van der Waals surface area contributed by atoms with E-state index in [0.717, 1.165) is 22.2 Å². The number of aromatic nitrogens is 2. The van der Waals surface area contributed by atoms with E-state index >= 15 is 0 Å². The molecule has 4 rings (SSSR count). The molecule has 0 fully saturated rings. The van der Waals surface area contributed by atoms with Crippen molar-refractivity contribution in [3.05, 3.63) is 50.7 Å². The number of thiophene rings is 1. The minimum atomic E-state index is -0.666. The van der Waals surface area contributed by atoms with E-state index in [1.54, 1.807) is 43.2 Å². The summed E-state index contributed by atoms with van der Waals surface area (Å²) >= 11 is 2.33. The Hall–Kier alpha value is -3.58. The van der Waals surface area contributed by atoms with Gasteiger partial charge in [0.25, 0.3) is 0 Å². The molecule has 0 saturated carbocycles. The van der Waals surface area contributed by atoms with E-state index in [0.29, 0.717) is 47.9 Å². The zero-order valence-electron chi connectivity index (χ0n) is 21.5. The number of thioether (sulfide) groups is 1. The van der Waals surface area contributed by atoms with E-state index in [1.807, 2.05) is 6.92 Å². The van der Waals surface area contributed by atoms with Gasteiger partial charge in [0.2, 0.25) is 17.5 Å². The molecule has 2 amide bonds. The fraction of sp³-hybridized carbons (Fsp3) is 0.400. The number of hydrogen-bond acceptors (Lipinski definition) is 9. The molecule has 3 aromatic rings. The lowest BCUT2D eigenvalue weighted by Crippen LogP contribution is -2.37. The number of hydrogen-bond donors (Lipinski definition) is 2. The molecule has 11 nitrogen and oxygen atoms in total. The van der Waals surface area contributed by atoms with E-state index in [2.05, 4.69) is 10.6 Å². The van der Waals surface area contributed by atoms with Crippen molar-refractivity contribution < 1.29 is 33.1 Å². The number of anilines is 1. The third kappa shape index (κ3) is 5.63. The fourth-order valence-corrected chi connectivity index (χ4v) is 6.34. The van der Waals surface area contributed by atoms with Crippen molar-refractivity contribution in [1.29, 1.82) is 0 Å². The molecule has 2 aromatic heterocycles. The monoisotopic (exact) mass is 561 g/mol. The molecule has 1 aliphatic heterocycles. The summed E-state index contributed by atoms with van der Waals surface area (Å²) in [6, 6.07) is 6.99. The van der Waals surface area contributed by atoms with E-state index in [9.17, 15) is 19.2 Å². The van der Waals surface area contributed by atoms with Gasteiger partial charge >= 0.3 is 16.6 Å². The molecule has 0 bridgehead atoms. The molecule has 202 valence electrons. The van der Waals surface area contributed by atoms with E-state index in [-0.39, 0.29) is 23.4 Å². The zero-order valence-corrected chi connectivity index (χ0v) is 23.1. The molecule has 1 unspecified atom stereocenters. The number of carbonyl (C=O) groups is 3. The van der Waals surface area contributed by atoms with Crippen molar-refractivity contribution in [1.82, 2.24) is 10.2 Å². The summed E-state index contributed by atoms with van der Waals surface area (Å²) in [6.07, 6.45) is 0.898. The average molecular weight is 562 g/mol. The number of ether oxygens (including phenoxy) is 2. The first kappa shape index (κ1) is 27.5. The summed E-state index contributed by atoms with van der Waals surface area (Å²) in [5.74, 6) is -0.277. The van der Waals surface area contributed by atoms with Crippen LogP contribution in [0.4, 0.5) is 5.00 Å². The molecular formula is C25H29N4O7S2+. The Morgan fingerprint density at radius 3 is 2.63 bits per heavy atom. The first-order valence-electron chi connectivity index (χ1n) is 12.1. The Morgan fingerprint density at radius 1 is 1.26 bits per heavy atom. The number of nitrogens with zero attached hydrogens (tertiary/aromatic N) is 2. The van der Waals surface area contributed by atoms with Crippen LogP contribution in [0.1, 0.15) is 48.0 Å². The highest BCUT2D eigenvalue weighted by Gasteiger charge is 2.34. The number of esters is 1. The van der Waals surface area contributed by atoms with E-state index in [1.165, 1.54) is 22.9 Å². The highest BCUT2D eigenvalue weighted by molar-refractivity contribution is 8.00. The van der Waals surface area contributed by atoms with Crippen molar-refractivity contribution in [3.63, 3.8) is 0 Å². The third-order valence-corrected chi connectivity index (χ3v) is 8.61. The molecule has 1 aliphatic rings. The lowest BCUT2D eigenvalue weighted by molar-refractivity contribution is -0.704. The Labute approximate surface area is 227 Å². The van der Waals surface area contributed by atoms with Crippen molar-refractivity contribution in [3.8, 4) is 11.4 Å². The van der Waals surface area contributed by atoms with Gasteiger partial charge in [-0.15, -0.1) is 11.3 Å². The van der Waals surface area contributed by atoms with Crippen LogP contribution in [-0.4, -0.2) is 53.5 Å². The van der Waals surface area contributed by atoms with Gasteiger partial charge in [0.05, 0.1) is 31.1 Å². The molecule has 0 saturated heterocycles. The molecule has 13 heteroatoms. The van der Waals surface area contributed by atoms with Crippen LogP contribution in [0.15, 0.2) is 38.6 Å². The number of fused-ring (bicyclic) bond motifs is 1. The Kier molecular flexibility index (Phi) is 8.57. The van der Waals surface area contributed by atoms with Crippen LogP contribution in [-0.2, 0) is 27.3 Å². The number of carbonyl (C=O) groups excluding carboxylic acids is 3. The van der Waals surface area contributed by atoms with Gasteiger partial charge in [-0.2, -0.15) is 0 Å². The summed E-state index contributed by atoms with van der Waals surface area (Å²) in [4.78, 5) is 53.2. The SMILES string of the molecule is CCOC(=O)c1c(NC(=O)C(CC)Sc2c(=O)o[nH][n+]2-c2ccc(OC)cc2)sc2c1CCN(C(C)=O)C2. The molecular weight excluding hydrogens is 532 g/mol. The van der Waals surface area contributed by atoms with Gasteiger partial charge in [0.1, 0.15) is 10.8 Å². The summed E-state index contributed by atoms with van der Waals surface area (Å²) in [7, 11) is 1.56. The van der Waals surface area contributed by atoms with Crippen LogP contribution in [0, 0.1) is 0 Å². The zero-order chi connectivity index (χ0) is 27.4. The van der Waals surface area contributed by atoms with Crippen LogP contribution in [0.5, 0.6) is 5.75 Å². The molecule has 0 spiro atoms. The maximum atomic E-state index is 13.4. The summed E-state index contributed by atoms with van der Waals surface area (Å²) in [5, 5.41) is 5.38. The lowest BCUT2D eigenvalue weighted by atomic mass is 10.0. The number of nitrogens with one attached hydrogen (secondary N) is 2. The molecule has 1 atom stereocenters. The van der Waals surface area contributed by atoms with Crippen molar-refractivity contribution in [2.75, 3.05) is 25.6 Å². The number of methoxy groups -OCH3 is 1.